The molecule has 114 valence electrons. The third kappa shape index (κ3) is 3.70. The van der Waals surface area contributed by atoms with Gasteiger partial charge in [0.25, 0.3) is 0 Å². The maximum atomic E-state index is 12.5. The number of amides is 1. The fourth-order valence-electron chi connectivity index (χ4n) is 3.09. The number of carbonyl (C=O) groups excluding carboxylic acids is 1. The molecule has 0 radical (unpaired) electrons. The van der Waals surface area contributed by atoms with Crippen molar-refractivity contribution in [3.8, 4) is 0 Å². The van der Waals surface area contributed by atoms with Gasteiger partial charge < -0.3 is 20.1 Å². The van der Waals surface area contributed by atoms with Crippen LogP contribution in [0, 0.1) is 11.8 Å². The summed E-state index contributed by atoms with van der Waals surface area (Å²) in [6.45, 7) is 5.39. The zero-order chi connectivity index (χ0) is 14.5. The average Bonchev–Trinajstić information content (AvgIpc) is 3.05. The van der Waals surface area contributed by atoms with Gasteiger partial charge in [0.2, 0.25) is 5.91 Å². The van der Waals surface area contributed by atoms with Crippen molar-refractivity contribution < 1.29 is 19.4 Å². The fraction of sp³-hybridized carbons (Fsp3) is 0.857. The topological polar surface area (TPSA) is 78.9 Å². The maximum Gasteiger partial charge on any atom is 0.303 e. The molecule has 20 heavy (non-hydrogen) atoms. The van der Waals surface area contributed by atoms with Gasteiger partial charge in [0.05, 0.1) is 19.1 Å². The van der Waals surface area contributed by atoms with Crippen LogP contribution in [0.3, 0.4) is 0 Å². The number of likely N-dealkylation sites (tertiary alicyclic amines) is 1. The van der Waals surface area contributed by atoms with Crippen LogP contribution in [0.15, 0.2) is 0 Å². The van der Waals surface area contributed by atoms with Crippen LogP contribution >= 0.6 is 0 Å². The highest BCUT2D eigenvalue weighted by atomic mass is 16.5. The van der Waals surface area contributed by atoms with E-state index in [-0.39, 0.29) is 24.3 Å². The second-order valence-electron chi connectivity index (χ2n) is 5.68. The molecule has 0 aliphatic carbocycles. The van der Waals surface area contributed by atoms with E-state index < -0.39 is 5.97 Å². The van der Waals surface area contributed by atoms with Gasteiger partial charge in [0, 0.05) is 25.6 Å². The first-order chi connectivity index (χ1) is 9.61. The van der Waals surface area contributed by atoms with Crippen LogP contribution in [0.5, 0.6) is 0 Å². The number of nitrogens with one attached hydrogen (secondary N) is 1. The van der Waals surface area contributed by atoms with Crippen LogP contribution < -0.4 is 5.32 Å². The van der Waals surface area contributed by atoms with Crippen LogP contribution in [0.25, 0.3) is 0 Å². The third-order valence-corrected chi connectivity index (χ3v) is 4.23. The van der Waals surface area contributed by atoms with E-state index >= 15 is 0 Å². The summed E-state index contributed by atoms with van der Waals surface area (Å²) in [5.41, 5.74) is 0. The quantitative estimate of drug-likeness (QED) is 0.734. The Morgan fingerprint density at radius 3 is 2.90 bits per heavy atom. The van der Waals surface area contributed by atoms with E-state index in [4.69, 9.17) is 9.84 Å². The molecule has 0 aromatic rings. The molecule has 2 N–H and O–H groups in total. The Hall–Kier alpha value is -1.14. The Morgan fingerprint density at radius 1 is 1.40 bits per heavy atom. The Bertz CT molecular complexity index is 361. The van der Waals surface area contributed by atoms with E-state index in [0.29, 0.717) is 32.1 Å². The number of likely N-dealkylation sites (N-methyl/N-ethyl adjacent to an activating group) is 1. The van der Waals surface area contributed by atoms with Gasteiger partial charge in [-0.3, -0.25) is 9.59 Å². The van der Waals surface area contributed by atoms with Gasteiger partial charge in [0.15, 0.2) is 0 Å². The highest BCUT2D eigenvalue weighted by Crippen LogP contribution is 2.25. The largest absolute Gasteiger partial charge is 0.481 e. The molecule has 0 aromatic heterocycles. The molecular weight excluding hydrogens is 260 g/mol. The standard InChI is InChI=1S/C14H24N2O4/c1-2-15-12-9-20-8-11(12)14(19)16-6-5-10(7-16)3-4-13(17)18/h10-12,15H,2-9H2,1H3,(H,17,18). The summed E-state index contributed by atoms with van der Waals surface area (Å²) >= 11 is 0. The van der Waals surface area contributed by atoms with Crippen molar-refractivity contribution in [3.63, 3.8) is 0 Å². The van der Waals surface area contributed by atoms with Gasteiger partial charge in [-0.25, -0.2) is 0 Å². The van der Waals surface area contributed by atoms with Crippen molar-refractivity contribution >= 4 is 11.9 Å². The molecular formula is C14H24N2O4. The number of hydrogen-bond acceptors (Lipinski definition) is 4. The van der Waals surface area contributed by atoms with Gasteiger partial charge >= 0.3 is 5.97 Å². The summed E-state index contributed by atoms with van der Waals surface area (Å²) in [7, 11) is 0. The number of carboxylic acids is 1. The van der Waals surface area contributed by atoms with Crippen LogP contribution in [0.1, 0.15) is 26.2 Å². The number of nitrogens with zero attached hydrogens (tertiary/aromatic N) is 1. The van der Waals surface area contributed by atoms with Gasteiger partial charge in [-0.05, 0) is 25.3 Å². The van der Waals surface area contributed by atoms with Crippen molar-refractivity contribution in [2.45, 2.75) is 32.2 Å². The lowest BCUT2D eigenvalue weighted by molar-refractivity contribution is -0.137. The summed E-state index contributed by atoms with van der Waals surface area (Å²) in [4.78, 5) is 25.0. The van der Waals surface area contributed by atoms with E-state index in [9.17, 15) is 9.59 Å². The van der Waals surface area contributed by atoms with Crippen molar-refractivity contribution in [1.82, 2.24) is 10.2 Å². The van der Waals surface area contributed by atoms with E-state index in [1.54, 1.807) is 0 Å². The van der Waals surface area contributed by atoms with Crippen molar-refractivity contribution in [3.05, 3.63) is 0 Å². The highest BCUT2D eigenvalue weighted by molar-refractivity contribution is 5.80. The summed E-state index contributed by atoms with van der Waals surface area (Å²) in [5, 5.41) is 12.0. The summed E-state index contributed by atoms with van der Waals surface area (Å²) in [5.74, 6) is -0.361. The van der Waals surface area contributed by atoms with Crippen molar-refractivity contribution in [1.29, 1.82) is 0 Å². The average molecular weight is 284 g/mol. The molecule has 2 aliphatic heterocycles. The molecule has 2 aliphatic rings. The first-order valence-corrected chi connectivity index (χ1v) is 7.43. The molecule has 2 heterocycles. The predicted molar refractivity (Wildman–Crippen MR) is 73.3 cm³/mol. The Kier molecular flexibility index (Phi) is 5.37. The third-order valence-electron chi connectivity index (χ3n) is 4.23. The lowest BCUT2D eigenvalue weighted by Gasteiger charge is -2.24. The monoisotopic (exact) mass is 284 g/mol. The summed E-state index contributed by atoms with van der Waals surface area (Å²) in [6.07, 6.45) is 1.77. The summed E-state index contributed by atoms with van der Waals surface area (Å²) in [6, 6.07) is 0.116. The Balaban J connectivity index is 1.83. The molecule has 6 heteroatoms. The van der Waals surface area contributed by atoms with Gasteiger partial charge in [-0.2, -0.15) is 0 Å². The van der Waals surface area contributed by atoms with Crippen LogP contribution in [-0.2, 0) is 14.3 Å². The van der Waals surface area contributed by atoms with Crippen molar-refractivity contribution in [2.75, 3.05) is 32.8 Å². The van der Waals surface area contributed by atoms with Crippen LogP contribution in [0.4, 0.5) is 0 Å². The lowest BCUT2D eigenvalue weighted by atomic mass is 10.0. The second kappa shape index (κ2) is 7.04. The fourth-order valence-corrected chi connectivity index (χ4v) is 3.09. The molecule has 6 nitrogen and oxygen atoms in total. The smallest absolute Gasteiger partial charge is 0.303 e. The van der Waals surface area contributed by atoms with Crippen molar-refractivity contribution in [2.24, 2.45) is 11.8 Å². The predicted octanol–water partition coefficient (Wildman–Crippen LogP) is 0.324. The molecule has 0 saturated carbocycles. The number of rotatable bonds is 6. The van der Waals surface area contributed by atoms with E-state index in [2.05, 4.69) is 5.32 Å². The zero-order valence-corrected chi connectivity index (χ0v) is 12.0. The highest BCUT2D eigenvalue weighted by Gasteiger charge is 2.38. The molecule has 3 unspecified atom stereocenters. The minimum Gasteiger partial charge on any atom is -0.481 e. The minimum absolute atomic E-state index is 0.0897. The van der Waals surface area contributed by atoms with Gasteiger partial charge in [-0.15, -0.1) is 0 Å². The molecule has 1 amide bonds. The molecule has 2 saturated heterocycles. The first kappa shape index (κ1) is 15.3. The Morgan fingerprint density at radius 2 is 2.20 bits per heavy atom. The zero-order valence-electron chi connectivity index (χ0n) is 12.0. The molecule has 0 spiro atoms. The number of carbonyl (C=O) groups is 2. The van der Waals surface area contributed by atoms with E-state index in [0.717, 1.165) is 19.5 Å². The van der Waals surface area contributed by atoms with Crippen LogP contribution in [-0.4, -0.2) is 60.8 Å². The molecule has 0 bridgehead atoms. The van der Waals surface area contributed by atoms with E-state index in [1.807, 2.05) is 11.8 Å². The molecule has 0 aromatic carbocycles. The Labute approximate surface area is 119 Å². The van der Waals surface area contributed by atoms with Crippen LogP contribution in [0.2, 0.25) is 0 Å². The number of aliphatic carboxylic acids is 1. The number of carboxylic acid groups (broad SMARTS) is 1. The number of hydrogen-bond donors (Lipinski definition) is 2. The number of ether oxygens (including phenoxy) is 1. The lowest BCUT2D eigenvalue weighted by Crippen LogP contribution is -2.45. The summed E-state index contributed by atoms with van der Waals surface area (Å²) < 4.78 is 5.42. The van der Waals surface area contributed by atoms with Gasteiger partial charge in [0.1, 0.15) is 0 Å². The molecule has 2 rings (SSSR count). The first-order valence-electron chi connectivity index (χ1n) is 7.43. The maximum absolute atomic E-state index is 12.5. The normalized spacial score (nSPS) is 29.9. The van der Waals surface area contributed by atoms with E-state index in [1.165, 1.54) is 0 Å². The molecule has 3 atom stereocenters. The molecule has 2 fully saturated rings. The second-order valence-corrected chi connectivity index (χ2v) is 5.68. The van der Waals surface area contributed by atoms with Gasteiger partial charge in [-0.1, -0.05) is 6.92 Å². The SMILES string of the molecule is CCNC1COCC1C(=O)N1CCC(CCC(=O)O)C1. The minimum atomic E-state index is -0.758.